The first-order valence-electron chi connectivity index (χ1n) is 9.97. The number of nitrogens with one attached hydrogen (secondary N) is 2. The van der Waals surface area contributed by atoms with Crippen LogP contribution in [0.3, 0.4) is 0 Å². The number of carbonyl (C=O) groups is 2. The Bertz CT molecular complexity index is 1300. The predicted molar refractivity (Wildman–Crippen MR) is 125 cm³/mol. The predicted octanol–water partition coefficient (Wildman–Crippen LogP) is 4.67. The van der Waals surface area contributed by atoms with Crippen LogP contribution in [-0.4, -0.2) is 26.5 Å². The van der Waals surface area contributed by atoms with Crippen molar-refractivity contribution in [2.24, 2.45) is 0 Å². The van der Waals surface area contributed by atoms with Gasteiger partial charge in [-0.15, -0.1) is 0 Å². The summed E-state index contributed by atoms with van der Waals surface area (Å²) in [5.41, 5.74) is 1.55. The van der Waals surface area contributed by atoms with E-state index < -0.39 is 21.2 Å². The molecule has 1 aliphatic rings. The van der Waals surface area contributed by atoms with Crippen molar-refractivity contribution in [2.45, 2.75) is 23.2 Å². The number of carbonyl (C=O) groups excluding carboxylic acids is 2. The number of hydrogen-bond donors (Lipinski definition) is 2. The van der Waals surface area contributed by atoms with Crippen molar-refractivity contribution >= 4 is 44.6 Å². The van der Waals surface area contributed by atoms with Gasteiger partial charge < -0.3 is 10.6 Å². The highest BCUT2D eigenvalue weighted by Gasteiger charge is 2.51. The van der Waals surface area contributed by atoms with Gasteiger partial charge >= 0.3 is 0 Å². The number of sulfone groups is 1. The van der Waals surface area contributed by atoms with Gasteiger partial charge in [0.05, 0.1) is 21.0 Å². The average molecular weight is 469 g/mol. The largest absolute Gasteiger partial charge is 0.325 e. The lowest BCUT2D eigenvalue weighted by Gasteiger charge is -2.16. The fourth-order valence-corrected chi connectivity index (χ4v) is 4.43. The van der Waals surface area contributed by atoms with Gasteiger partial charge in [0.2, 0.25) is 5.91 Å². The van der Waals surface area contributed by atoms with Gasteiger partial charge in [0.15, 0.2) is 9.84 Å². The zero-order valence-electron chi connectivity index (χ0n) is 17.3. The molecule has 0 aromatic heterocycles. The molecular weight excluding hydrogens is 448 g/mol. The minimum Gasteiger partial charge on any atom is -0.325 e. The second-order valence-corrected chi connectivity index (χ2v) is 10.3. The molecule has 6 nitrogen and oxygen atoms in total. The highest BCUT2D eigenvalue weighted by molar-refractivity contribution is 7.90. The Morgan fingerprint density at radius 3 is 2.25 bits per heavy atom. The Kier molecular flexibility index (Phi) is 5.79. The maximum atomic E-state index is 12.9. The fraction of sp³-hybridized carbons (Fsp3) is 0.167. The quantitative estimate of drug-likeness (QED) is 0.550. The van der Waals surface area contributed by atoms with E-state index >= 15 is 0 Å². The summed E-state index contributed by atoms with van der Waals surface area (Å²) < 4.78 is 23.4. The summed E-state index contributed by atoms with van der Waals surface area (Å²) in [5, 5.41) is 5.84. The molecule has 0 atom stereocenters. The van der Waals surface area contributed by atoms with E-state index in [1.807, 2.05) is 30.3 Å². The number of halogens is 1. The third-order valence-corrected chi connectivity index (χ3v) is 6.93. The third kappa shape index (κ3) is 4.54. The highest BCUT2D eigenvalue weighted by Crippen LogP contribution is 2.49. The molecule has 2 N–H and O–H groups in total. The van der Waals surface area contributed by atoms with E-state index in [1.54, 1.807) is 18.2 Å². The Morgan fingerprint density at radius 1 is 0.906 bits per heavy atom. The van der Waals surface area contributed by atoms with E-state index in [-0.39, 0.29) is 21.4 Å². The third-order valence-electron chi connectivity index (χ3n) is 5.51. The summed E-state index contributed by atoms with van der Waals surface area (Å²) in [6.07, 6.45) is 2.66. The number of hydrogen-bond acceptors (Lipinski definition) is 4. The highest BCUT2D eigenvalue weighted by atomic mass is 35.5. The Morgan fingerprint density at radius 2 is 1.62 bits per heavy atom. The van der Waals surface area contributed by atoms with Crippen molar-refractivity contribution in [3.63, 3.8) is 0 Å². The minimum atomic E-state index is -3.43. The summed E-state index contributed by atoms with van der Waals surface area (Å²) in [5.74, 6) is -0.579. The van der Waals surface area contributed by atoms with E-state index in [2.05, 4.69) is 10.6 Å². The van der Waals surface area contributed by atoms with Gasteiger partial charge in [-0.1, -0.05) is 48.0 Å². The normalized spacial score (nSPS) is 14.4. The van der Waals surface area contributed by atoms with Crippen LogP contribution in [0.5, 0.6) is 0 Å². The molecule has 0 aliphatic heterocycles. The van der Waals surface area contributed by atoms with Crippen LogP contribution in [0.2, 0.25) is 5.02 Å². The number of amides is 2. The monoisotopic (exact) mass is 468 g/mol. The zero-order chi connectivity index (χ0) is 22.9. The van der Waals surface area contributed by atoms with Crippen molar-refractivity contribution in [3.8, 4) is 0 Å². The van der Waals surface area contributed by atoms with Gasteiger partial charge in [0.25, 0.3) is 5.91 Å². The number of rotatable bonds is 6. The van der Waals surface area contributed by atoms with Gasteiger partial charge in [0, 0.05) is 17.5 Å². The molecule has 2 amide bonds. The molecule has 0 saturated heterocycles. The van der Waals surface area contributed by atoms with Crippen molar-refractivity contribution in [3.05, 3.63) is 88.9 Å². The van der Waals surface area contributed by atoms with Crippen LogP contribution < -0.4 is 10.6 Å². The molecule has 3 aromatic rings. The lowest BCUT2D eigenvalue weighted by atomic mass is 9.95. The molecule has 164 valence electrons. The van der Waals surface area contributed by atoms with E-state index in [0.717, 1.165) is 24.7 Å². The van der Waals surface area contributed by atoms with Crippen LogP contribution in [0.4, 0.5) is 11.4 Å². The number of anilines is 2. The molecule has 0 unspecified atom stereocenters. The van der Waals surface area contributed by atoms with Gasteiger partial charge in [-0.3, -0.25) is 9.59 Å². The topological polar surface area (TPSA) is 92.3 Å². The van der Waals surface area contributed by atoms with E-state index in [9.17, 15) is 18.0 Å². The molecule has 1 saturated carbocycles. The van der Waals surface area contributed by atoms with Crippen molar-refractivity contribution < 1.29 is 18.0 Å². The first kappa shape index (κ1) is 22.0. The zero-order valence-corrected chi connectivity index (χ0v) is 18.8. The van der Waals surface area contributed by atoms with Crippen molar-refractivity contribution in [2.75, 3.05) is 16.9 Å². The average Bonchev–Trinajstić information content (AvgIpc) is 3.58. The van der Waals surface area contributed by atoms with Crippen LogP contribution in [0.15, 0.2) is 77.7 Å². The molecule has 0 bridgehead atoms. The second kappa shape index (κ2) is 8.41. The van der Waals surface area contributed by atoms with Gasteiger partial charge in [-0.2, -0.15) is 0 Å². The molecule has 4 rings (SSSR count). The van der Waals surface area contributed by atoms with Crippen LogP contribution in [0.1, 0.15) is 28.8 Å². The van der Waals surface area contributed by atoms with Crippen molar-refractivity contribution in [1.29, 1.82) is 0 Å². The Labute approximate surface area is 191 Å². The molecule has 0 radical (unpaired) electrons. The fourth-order valence-electron chi connectivity index (χ4n) is 3.54. The lowest BCUT2D eigenvalue weighted by Crippen LogP contribution is -2.27. The van der Waals surface area contributed by atoms with Crippen LogP contribution in [0.25, 0.3) is 0 Å². The first-order chi connectivity index (χ1) is 15.2. The molecule has 0 spiro atoms. The molecule has 32 heavy (non-hydrogen) atoms. The second-order valence-electron chi connectivity index (χ2n) is 7.85. The van der Waals surface area contributed by atoms with Gasteiger partial charge in [-0.25, -0.2) is 8.42 Å². The van der Waals surface area contributed by atoms with Crippen LogP contribution in [0, 0.1) is 0 Å². The summed E-state index contributed by atoms with van der Waals surface area (Å²) in [6, 6.07) is 20.3. The van der Waals surface area contributed by atoms with Crippen LogP contribution in [-0.2, 0) is 20.0 Å². The van der Waals surface area contributed by atoms with E-state index in [0.29, 0.717) is 11.4 Å². The molecule has 3 aromatic carbocycles. The van der Waals surface area contributed by atoms with E-state index in [1.165, 1.54) is 24.3 Å². The van der Waals surface area contributed by atoms with Crippen LogP contribution >= 0.6 is 11.6 Å². The molecule has 1 fully saturated rings. The number of benzene rings is 3. The smallest absolute Gasteiger partial charge is 0.255 e. The Hall–Kier alpha value is -3.16. The van der Waals surface area contributed by atoms with E-state index in [4.69, 9.17) is 11.6 Å². The van der Waals surface area contributed by atoms with Crippen molar-refractivity contribution in [1.82, 2.24) is 0 Å². The molecular formula is C24H21ClN2O4S. The summed E-state index contributed by atoms with van der Waals surface area (Å²) in [7, 11) is -3.43. The SMILES string of the molecule is CS(=O)(=O)c1cccc(C(=O)Nc2ccc(NC(=O)C3(c4ccccc4)CC3)cc2Cl)c1. The maximum Gasteiger partial charge on any atom is 0.255 e. The first-order valence-corrected chi connectivity index (χ1v) is 12.2. The molecule has 1 aliphatic carbocycles. The standard InChI is InChI=1S/C24H21ClN2O4S/c1-32(30,31)19-9-5-6-16(14-19)22(28)27-21-11-10-18(15-20(21)25)26-23(29)24(12-13-24)17-7-3-2-4-8-17/h2-11,14-15H,12-13H2,1H3,(H,26,29)(H,27,28). The van der Waals surface area contributed by atoms with Gasteiger partial charge in [0.1, 0.15) is 0 Å². The minimum absolute atomic E-state index is 0.0572. The lowest BCUT2D eigenvalue weighted by molar-refractivity contribution is -0.118. The molecule has 0 heterocycles. The summed E-state index contributed by atoms with van der Waals surface area (Å²) in [4.78, 5) is 25.5. The Balaban J connectivity index is 1.47. The summed E-state index contributed by atoms with van der Waals surface area (Å²) in [6.45, 7) is 0. The van der Waals surface area contributed by atoms with Gasteiger partial charge in [-0.05, 0) is 54.8 Å². The maximum absolute atomic E-state index is 12.9. The summed E-state index contributed by atoms with van der Waals surface area (Å²) >= 11 is 6.33. The molecule has 8 heteroatoms.